The van der Waals surface area contributed by atoms with Crippen LogP contribution in [0.25, 0.3) is 0 Å². The first kappa shape index (κ1) is 12.3. The van der Waals surface area contributed by atoms with Crippen LogP contribution in [0.3, 0.4) is 0 Å². The summed E-state index contributed by atoms with van der Waals surface area (Å²) in [5.41, 5.74) is 2.09. The number of carbonyl (C=O) groups excluding carboxylic acids is 1. The maximum Gasteiger partial charge on any atom is 0.120 e. The number of rotatable bonds is 3. The number of halogens is 1. The number of allylic oxidation sites excluding steroid dienone is 1. The molecule has 2 fully saturated rings. The van der Waals surface area contributed by atoms with Crippen LogP contribution in [0.4, 0.5) is 0 Å². The summed E-state index contributed by atoms with van der Waals surface area (Å²) in [6, 6.07) is 0. The lowest BCUT2D eigenvalue weighted by atomic mass is 9.63. The Morgan fingerprint density at radius 1 is 1.50 bits per heavy atom. The first-order valence-electron chi connectivity index (χ1n) is 6.45. The highest BCUT2D eigenvalue weighted by atomic mass is 79.9. The Balaban J connectivity index is 2.13. The lowest BCUT2D eigenvalue weighted by molar-refractivity contribution is -0.108. The van der Waals surface area contributed by atoms with Gasteiger partial charge >= 0.3 is 0 Å². The van der Waals surface area contributed by atoms with Gasteiger partial charge in [0.25, 0.3) is 0 Å². The van der Waals surface area contributed by atoms with E-state index in [4.69, 9.17) is 0 Å². The smallest absolute Gasteiger partial charge is 0.120 e. The maximum absolute atomic E-state index is 10.5. The lowest BCUT2D eigenvalue weighted by Gasteiger charge is -2.42. The zero-order chi connectivity index (χ0) is 11.6. The highest BCUT2D eigenvalue weighted by Crippen LogP contribution is 2.58. The third-order valence-corrected chi connectivity index (χ3v) is 5.52. The van der Waals surface area contributed by atoms with Crippen molar-refractivity contribution in [3.63, 3.8) is 0 Å². The Morgan fingerprint density at radius 2 is 2.31 bits per heavy atom. The van der Waals surface area contributed by atoms with Gasteiger partial charge in [0.1, 0.15) is 6.29 Å². The Hall–Kier alpha value is -0.110. The van der Waals surface area contributed by atoms with E-state index >= 15 is 0 Å². The van der Waals surface area contributed by atoms with Gasteiger partial charge in [-0.2, -0.15) is 0 Å². The van der Waals surface area contributed by atoms with Gasteiger partial charge in [-0.1, -0.05) is 28.4 Å². The molecule has 0 radical (unpaired) electrons. The number of hydrogen-bond acceptors (Lipinski definition) is 1. The van der Waals surface area contributed by atoms with Gasteiger partial charge in [-0.15, -0.1) is 0 Å². The van der Waals surface area contributed by atoms with Crippen molar-refractivity contribution in [1.29, 1.82) is 0 Å². The Morgan fingerprint density at radius 3 is 3.00 bits per heavy atom. The molecule has 2 aliphatic carbocycles. The third-order valence-electron chi connectivity index (χ3n) is 4.93. The van der Waals surface area contributed by atoms with E-state index in [0.717, 1.165) is 31.0 Å². The van der Waals surface area contributed by atoms with Crippen LogP contribution < -0.4 is 0 Å². The third kappa shape index (κ3) is 2.01. The fraction of sp³-hybridized carbons (Fsp3) is 0.786. The van der Waals surface area contributed by atoms with Crippen molar-refractivity contribution in [3.05, 3.63) is 10.6 Å². The van der Waals surface area contributed by atoms with Gasteiger partial charge in [-0.3, -0.25) is 0 Å². The summed E-state index contributed by atoms with van der Waals surface area (Å²) >= 11 is 3.53. The molecular weight excluding hydrogens is 264 g/mol. The van der Waals surface area contributed by atoms with Crippen LogP contribution in [0.1, 0.15) is 51.9 Å². The first-order chi connectivity index (χ1) is 7.72. The second-order valence-electron chi connectivity index (χ2n) is 5.61. The monoisotopic (exact) mass is 284 g/mol. The van der Waals surface area contributed by atoms with Crippen molar-refractivity contribution in [1.82, 2.24) is 0 Å². The molecule has 0 aromatic carbocycles. The minimum atomic E-state index is 0.473. The summed E-state index contributed by atoms with van der Waals surface area (Å²) in [6.07, 6.45) is 9.53. The normalized spacial score (nSPS) is 41.0. The molecule has 0 heterocycles. The molecule has 0 aromatic heterocycles. The Bertz CT molecular complexity index is 297. The molecule has 1 nitrogen and oxygen atoms in total. The molecule has 2 unspecified atom stereocenters. The molecular formula is C14H21BrO. The van der Waals surface area contributed by atoms with Crippen LogP contribution in [-0.4, -0.2) is 6.29 Å². The van der Waals surface area contributed by atoms with E-state index < -0.39 is 0 Å². The van der Waals surface area contributed by atoms with Crippen molar-refractivity contribution >= 4 is 22.2 Å². The number of fused-ring (bicyclic) bond motifs is 1. The molecule has 0 amide bonds. The van der Waals surface area contributed by atoms with Crippen molar-refractivity contribution in [2.45, 2.75) is 51.9 Å². The van der Waals surface area contributed by atoms with E-state index in [2.05, 4.69) is 27.8 Å². The van der Waals surface area contributed by atoms with E-state index in [0.29, 0.717) is 5.41 Å². The summed E-state index contributed by atoms with van der Waals surface area (Å²) in [6.45, 7) is 2.45. The second-order valence-corrected chi connectivity index (χ2v) is 6.07. The highest BCUT2D eigenvalue weighted by Gasteiger charge is 2.48. The van der Waals surface area contributed by atoms with Gasteiger partial charge in [0.2, 0.25) is 0 Å². The van der Waals surface area contributed by atoms with E-state index in [1.54, 1.807) is 5.57 Å². The van der Waals surface area contributed by atoms with Crippen LogP contribution in [0, 0.1) is 17.3 Å². The zero-order valence-electron chi connectivity index (χ0n) is 10.0. The van der Waals surface area contributed by atoms with Crippen LogP contribution >= 0.6 is 15.9 Å². The largest absolute Gasteiger partial charge is 0.303 e. The molecule has 2 rings (SSSR count). The summed E-state index contributed by atoms with van der Waals surface area (Å²) < 4.78 is 0. The van der Waals surface area contributed by atoms with Gasteiger partial charge in [-0.25, -0.2) is 0 Å². The van der Waals surface area contributed by atoms with Crippen molar-refractivity contribution < 1.29 is 4.79 Å². The minimum Gasteiger partial charge on any atom is -0.303 e. The van der Waals surface area contributed by atoms with Crippen molar-refractivity contribution in [2.24, 2.45) is 17.3 Å². The highest BCUT2D eigenvalue weighted by molar-refractivity contribution is 9.11. The average Bonchev–Trinajstić information content (AvgIpc) is 2.63. The number of hydrogen-bond donors (Lipinski definition) is 0. The van der Waals surface area contributed by atoms with Crippen molar-refractivity contribution in [2.75, 3.05) is 0 Å². The molecule has 3 atom stereocenters. The zero-order valence-corrected chi connectivity index (χ0v) is 11.6. The van der Waals surface area contributed by atoms with Crippen LogP contribution in [-0.2, 0) is 4.79 Å². The Kier molecular flexibility index (Phi) is 3.89. The van der Waals surface area contributed by atoms with E-state index in [9.17, 15) is 4.79 Å². The molecule has 16 heavy (non-hydrogen) atoms. The minimum absolute atomic E-state index is 0.473. The molecule has 0 aromatic rings. The van der Waals surface area contributed by atoms with Gasteiger partial charge in [-0.05, 0) is 60.8 Å². The molecule has 0 aliphatic heterocycles. The predicted molar refractivity (Wildman–Crippen MR) is 70.5 cm³/mol. The van der Waals surface area contributed by atoms with Crippen LogP contribution in [0.15, 0.2) is 10.6 Å². The second kappa shape index (κ2) is 5.03. The molecule has 2 saturated carbocycles. The molecule has 0 saturated heterocycles. The lowest BCUT2D eigenvalue weighted by Crippen LogP contribution is -2.33. The van der Waals surface area contributed by atoms with Gasteiger partial charge in [0.15, 0.2) is 0 Å². The topological polar surface area (TPSA) is 17.1 Å². The molecule has 0 spiro atoms. The number of carbonyl (C=O) groups is 1. The molecule has 2 heteroatoms. The SMILES string of the molecule is CC12CCC/C(=C\Br)[C@@H]1CCC2CCC=O. The predicted octanol–water partition coefficient (Wildman–Crippen LogP) is 4.46. The standard InChI is InChI=1S/C14H21BrO/c1-14-8-2-4-11(10-15)13(14)7-6-12(14)5-3-9-16/h9-10,12-13H,2-8H2,1H3/b11-10+/t12?,13-,14?/m0/s1. The van der Waals surface area contributed by atoms with E-state index in [1.807, 2.05) is 0 Å². The van der Waals surface area contributed by atoms with E-state index in [-0.39, 0.29) is 0 Å². The summed E-state index contributed by atoms with van der Waals surface area (Å²) in [5.74, 6) is 1.54. The average molecular weight is 285 g/mol. The molecule has 0 bridgehead atoms. The fourth-order valence-electron chi connectivity index (χ4n) is 4.02. The summed E-state index contributed by atoms with van der Waals surface area (Å²) in [7, 11) is 0. The van der Waals surface area contributed by atoms with Gasteiger partial charge in [0.05, 0.1) is 0 Å². The molecule has 2 aliphatic rings. The Labute approximate surface area is 107 Å². The summed E-state index contributed by atoms with van der Waals surface area (Å²) in [4.78, 5) is 12.7. The summed E-state index contributed by atoms with van der Waals surface area (Å²) in [5, 5.41) is 0. The van der Waals surface area contributed by atoms with E-state index in [1.165, 1.54) is 32.1 Å². The molecule has 0 N–H and O–H groups in total. The quantitative estimate of drug-likeness (QED) is 0.700. The van der Waals surface area contributed by atoms with Gasteiger partial charge in [0, 0.05) is 6.42 Å². The fourth-order valence-corrected chi connectivity index (χ4v) is 4.57. The maximum atomic E-state index is 10.5. The number of aldehydes is 1. The van der Waals surface area contributed by atoms with Crippen LogP contribution in [0.2, 0.25) is 0 Å². The van der Waals surface area contributed by atoms with Gasteiger partial charge < -0.3 is 4.79 Å². The molecule has 90 valence electrons. The first-order valence-corrected chi connectivity index (χ1v) is 7.36. The van der Waals surface area contributed by atoms with Crippen LogP contribution in [0.5, 0.6) is 0 Å². The van der Waals surface area contributed by atoms with Crippen molar-refractivity contribution in [3.8, 4) is 0 Å².